The fraction of sp³-hybridized carbons (Fsp3) is 0.700. The highest BCUT2D eigenvalue weighted by Gasteiger charge is 2.24. The van der Waals surface area contributed by atoms with Crippen molar-refractivity contribution in [3.05, 3.63) is 0 Å². The maximum absolute atomic E-state index is 3.43. The molecule has 0 amide bonds. The van der Waals surface area contributed by atoms with E-state index in [9.17, 15) is 0 Å². The first-order valence-corrected chi connectivity index (χ1v) is 7.58. The molecule has 2 unspecified atom stereocenters. The van der Waals surface area contributed by atoms with Crippen LogP contribution in [0.3, 0.4) is 0 Å². The molecule has 0 aromatic rings. The van der Waals surface area contributed by atoms with Crippen LogP contribution in [0.25, 0.3) is 0 Å². The second-order valence-corrected chi connectivity index (χ2v) is 6.86. The molecule has 0 nitrogen and oxygen atoms in total. The Morgan fingerprint density at radius 2 is 0.950 bits per heavy atom. The molecule has 0 saturated carbocycles. The first-order valence-electron chi connectivity index (χ1n) is 7.58. The molecule has 0 fully saturated rings. The van der Waals surface area contributed by atoms with Crippen molar-refractivity contribution in [1.82, 2.24) is 0 Å². The third kappa shape index (κ3) is 7.31. The second kappa shape index (κ2) is 8.08. The van der Waals surface area contributed by atoms with Crippen LogP contribution in [-0.4, -0.2) is 0 Å². The Morgan fingerprint density at radius 3 is 1.15 bits per heavy atom. The van der Waals surface area contributed by atoms with Crippen molar-refractivity contribution in [2.75, 3.05) is 0 Å². The van der Waals surface area contributed by atoms with E-state index in [2.05, 4.69) is 77.1 Å². The van der Waals surface area contributed by atoms with Gasteiger partial charge in [0.05, 0.1) is 10.8 Å². The molecular weight excluding hydrogens is 240 g/mol. The normalized spacial score (nSPS) is 15.9. The summed E-state index contributed by atoms with van der Waals surface area (Å²) in [5.41, 5.74) is -0.451. The van der Waals surface area contributed by atoms with Crippen molar-refractivity contribution >= 4 is 0 Å². The highest BCUT2D eigenvalue weighted by atomic mass is 14.2. The van der Waals surface area contributed by atoms with E-state index in [4.69, 9.17) is 0 Å². The van der Waals surface area contributed by atoms with Gasteiger partial charge in [-0.15, -0.1) is 11.8 Å². The Balaban J connectivity index is 5.45. The minimum absolute atomic E-state index is 0.226. The summed E-state index contributed by atoms with van der Waals surface area (Å²) in [4.78, 5) is 0. The molecule has 20 heavy (non-hydrogen) atoms. The van der Waals surface area contributed by atoms with Gasteiger partial charge in [0, 0.05) is 0 Å². The molecule has 0 N–H and O–H groups in total. The fourth-order valence-electron chi connectivity index (χ4n) is 2.73. The minimum atomic E-state index is -0.226. The van der Waals surface area contributed by atoms with Crippen molar-refractivity contribution in [2.45, 2.75) is 68.2 Å². The van der Waals surface area contributed by atoms with Gasteiger partial charge in [0.2, 0.25) is 0 Å². The lowest BCUT2D eigenvalue weighted by molar-refractivity contribution is 0.423. The van der Waals surface area contributed by atoms with Gasteiger partial charge < -0.3 is 0 Å². The van der Waals surface area contributed by atoms with Crippen LogP contribution in [0.15, 0.2) is 0 Å². The van der Waals surface area contributed by atoms with Gasteiger partial charge in [-0.3, -0.25) is 0 Å². The Kier molecular flexibility index (Phi) is 7.54. The lowest BCUT2D eigenvalue weighted by atomic mass is 9.79. The summed E-state index contributed by atoms with van der Waals surface area (Å²) in [5, 5.41) is 0. The lowest BCUT2D eigenvalue weighted by Gasteiger charge is -2.23. The zero-order valence-corrected chi connectivity index (χ0v) is 14.6. The van der Waals surface area contributed by atoms with E-state index in [1.165, 1.54) is 0 Å². The highest BCUT2D eigenvalue weighted by Crippen LogP contribution is 2.28. The van der Waals surface area contributed by atoms with Gasteiger partial charge >= 0.3 is 0 Å². The monoisotopic (exact) mass is 270 g/mol. The second-order valence-electron chi connectivity index (χ2n) is 6.86. The molecule has 0 aliphatic heterocycles. The molecule has 0 bridgehead atoms. The van der Waals surface area contributed by atoms with Crippen LogP contribution in [0, 0.1) is 58.2 Å². The zero-order chi connectivity index (χ0) is 15.8. The van der Waals surface area contributed by atoms with Gasteiger partial charge in [-0.1, -0.05) is 51.4 Å². The standard InChI is InChI=1S/C20H30/c1-9-11-19(7,15-17(3)4)13-14-20(8,12-10-2)16-18(5)6/h17-18H,15-16H2,1-8H3. The van der Waals surface area contributed by atoms with Crippen LogP contribution in [0.4, 0.5) is 0 Å². The van der Waals surface area contributed by atoms with Crippen LogP contribution in [0.5, 0.6) is 0 Å². The highest BCUT2D eigenvalue weighted by molar-refractivity contribution is 5.32. The molecule has 0 aromatic carbocycles. The molecule has 0 rings (SSSR count). The van der Waals surface area contributed by atoms with E-state index in [0.717, 1.165) is 12.8 Å². The predicted molar refractivity (Wildman–Crippen MR) is 89.8 cm³/mol. The molecule has 0 aliphatic carbocycles. The topological polar surface area (TPSA) is 0 Å². The van der Waals surface area contributed by atoms with E-state index in [0.29, 0.717) is 11.8 Å². The molecule has 0 aliphatic rings. The summed E-state index contributed by atoms with van der Waals surface area (Å²) >= 11 is 0. The predicted octanol–water partition coefficient (Wildman–Crippen LogP) is 5.14. The fourth-order valence-corrected chi connectivity index (χ4v) is 2.73. The van der Waals surface area contributed by atoms with Gasteiger partial charge in [-0.25, -0.2) is 0 Å². The first kappa shape index (κ1) is 18.7. The number of hydrogen-bond donors (Lipinski definition) is 0. The molecule has 0 heterocycles. The van der Waals surface area contributed by atoms with Crippen LogP contribution in [0.1, 0.15) is 68.2 Å². The molecular formula is C20H30. The molecule has 2 atom stereocenters. The lowest BCUT2D eigenvalue weighted by Crippen LogP contribution is -2.18. The quantitative estimate of drug-likeness (QED) is 0.620. The summed E-state index contributed by atoms with van der Waals surface area (Å²) in [6.07, 6.45) is 2.00. The Bertz CT molecular complexity index is 431. The van der Waals surface area contributed by atoms with Crippen LogP contribution in [0.2, 0.25) is 0 Å². The Hall–Kier alpha value is -1.32. The third-order valence-electron chi connectivity index (χ3n) is 3.05. The van der Waals surface area contributed by atoms with E-state index < -0.39 is 0 Å². The van der Waals surface area contributed by atoms with Gasteiger partial charge in [-0.2, -0.15) is 0 Å². The van der Waals surface area contributed by atoms with Gasteiger partial charge in [0.1, 0.15) is 0 Å². The van der Waals surface area contributed by atoms with Crippen molar-refractivity contribution in [3.63, 3.8) is 0 Å². The summed E-state index contributed by atoms with van der Waals surface area (Å²) < 4.78 is 0. The van der Waals surface area contributed by atoms with Crippen molar-refractivity contribution in [2.24, 2.45) is 22.7 Å². The van der Waals surface area contributed by atoms with Gasteiger partial charge in [0.25, 0.3) is 0 Å². The maximum atomic E-state index is 3.43. The summed E-state index contributed by atoms with van der Waals surface area (Å²) in [7, 11) is 0. The van der Waals surface area contributed by atoms with E-state index in [1.807, 2.05) is 13.8 Å². The molecule has 110 valence electrons. The maximum Gasteiger partial charge on any atom is 0.0893 e. The summed E-state index contributed by atoms with van der Waals surface area (Å²) in [6.45, 7) is 16.9. The Labute approximate surface area is 127 Å². The molecule has 0 aromatic heterocycles. The van der Waals surface area contributed by atoms with Crippen LogP contribution < -0.4 is 0 Å². The van der Waals surface area contributed by atoms with Gasteiger partial charge in [0.15, 0.2) is 0 Å². The largest absolute Gasteiger partial charge is 0.105 e. The van der Waals surface area contributed by atoms with E-state index in [1.54, 1.807) is 0 Å². The minimum Gasteiger partial charge on any atom is -0.105 e. The summed E-state index contributed by atoms with van der Waals surface area (Å²) in [5.74, 6) is 20.7. The SMILES string of the molecule is CC#CC(C)(C#CC(C)(C#CC)CC(C)C)CC(C)C. The number of hydrogen-bond acceptors (Lipinski definition) is 0. The van der Waals surface area contributed by atoms with Gasteiger partial charge in [-0.05, 0) is 52.4 Å². The Morgan fingerprint density at radius 1 is 0.650 bits per heavy atom. The number of rotatable bonds is 4. The average molecular weight is 270 g/mol. The molecule has 0 saturated heterocycles. The summed E-state index contributed by atoms with van der Waals surface area (Å²) in [6, 6.07) is 0. The van der Waals surface area contributed by atoms with Crippen LogP contribution in [-0.2, 0) is 0 Å². The first-order chi connectivity index (χ1) is 9.16. The third-order valence-corrected chi connectivity index (χ3v) is 3.05. The van der Waals surface area contributed by atoms with E-state index >= 15 is 0 Å². The zero-order valence-electron chi connectivity index (χ0n) is 14.6. The van der Waals surface area contributed by atoms with Crippen molar-refractivity contribution < 1.29 is 0 Å². The smallest absolute Gasteiger partial charge is 0.0893 e. The molecule has 0 radical (unpaired) electrons. The van der Waals surface area contributed by atoms with Crippen molar-refractivity contribution in [3.8, 4) is 35.5 Å². The van der Waals surface area contributed by atoms with Crippen molar-refractivity contribution in [1.29, 1.82) is 0 Å². The average Bonchev–Trinajstić information content (AvgIpc) is 2.25. The van der Waals surface area contributed by atoms with E-state index in [-0.39, 0.29) is 10.8 Å². The molecule has 0 spiro atoms. The molecule has 0 heteroatoms. The van der Waals surface area contributed by atoms with Crippen LogP contribution >= 0.6 is 0 Å².